The van der Waals surface area contributed by atoms with Crippen LogP contribution in [0, 0.1) is 5.92 Å². The fourth-order valence-corrected chi connectivity index (χ4v) is 6.36. The van der Waals surface area contributed by atoms with Crippen molar-refractivity contribution in [2.45, 2.75) is 38.8 Å². The lowest BCUT2D eigenvalue weighted by Crippen LogP contribution is -2.47. The second kappa shape index (κ2) is 12.2. The van der Waals surface area contributed by atoms with Crippen molar-refractivity contribution >= 4 is 40.3 Å². The highest BCUT2D eigenvalue weighted by molar-refractivity contribution is 7.80. The van der Waals surface area contributed by atoms with E-state index in [9.17, 15) is 9.59 Å². The van der Waals surface area contributed by atoms with Crippen molar-refractivity contribution in [2.24, 2.45) is 5.92 Å². The van der Waals surface area contributed by atoms with Gasteiger partial charge in [-0.25, -0.2) is 0 Å². The van der Waals surface area contributed by atoms with Gasteiger partial charge >= 0.3 is 0 Å². The number of carbonyl (C=O) groups excluding carboxylic acids is 1. The first-order valence-electron chi connectivity index (χ1n) is 14.5. The molecule has 2 aliphatic rings. The molecule has 1 fully saturated rings. The second-order valence-corrected chi connectivity index (χ2v) is 11.5. The molecule has 0 radical (unpaired) electrons. The number of nitrogens with one attached hydrogen (secondary N) is 3. The van der Waals surface area contributed by atoms with E-state index in [1.165, 1.54) is 5.56 Å². The minimum absolute atomic E-state index is 0.0762. The summed E-state index contributed by atoms with van der Waals surface area (Å²) in [6.07, 6.45) is 2.04. The number of benzene rings is 3. The molecule has 8 heteroatoms. The standard InChI is InChI=1S/C34H35N5O2S/c1-2-23-11-14-28(15-12-23)36-34(42)37-29-18-26(33(41)35-19-24-7-4-3-5-8-24)13-16-31(29)38-20-25-17-27(22-38)30-9-6-10-32(40)39(30)21-25/h3-16,18,25,27H,2,17,19-22H2,1H3,(H,35,41)(H2,36,37,42). The molecule has 6 rings (SSSR count). The van der Waals surface area contributed by atoms with E-state index in [0.29, 0.717) is 23.1 Å². The highest BCUT2D eigenvalue weighted by Gasteiger charge is 2.35. The molecule has 7 nitrogen and oxygen atoms in total. The molecule has 3 aromatic carbocycles. The van der Waals surface area contributed by atoms with Gasteiger partial charge in [0.1, 0.15) is 0 Å². The number of hydrogen-bond donors (Lipinski definition) is 3. The van der Waals surface area contributed by atoms with Crippen LogP contribution in [0.4, 0.5) is 17.1 Å². The lowest BCUT2D eigenvalue weighted by Gasteiger charge is -2.44. The van der Waals surface area contributed by atoms with Gasteiger partial charge in [0.15, 0.2) is 5.11 Å². The number of rotatable bonds is 7. The molecule has 1 amide bonds. The predicted octanol–water partition coefficient (Wildman–Crippen LogP) is 5.77. The first-order valence-corrected chi connectivity index (χ1v) is 15.0. The molecule has 2 unspecified atom stereocenters. The molecule has 4 aromatic rings. The molecule has 0 spiro atoms. The summed E-state index contributed by atoms with van der Waals surface area (Å²) < 4.78 is 1.94. The van der Waals surface area contributed by atoms with Crippen LogP contribution in [0.15, 0.2) is 95.8 Å². The molecule has 0 saturated carbocycles. The van der Waals surface area contributed by atoms with Crippen molar-refractivity contribution in [1.82, 2.24) is 9.88 Å². The number of hydrogen-bond acceptors (Lipinski definition) is 4. The topological polar surface area (TPSA) is 78.4 Å². The van der Waals surface area contributed by atoms with Crippen LogP contribution >= 0.6 is 12.2 Å². The minimum atomic E-state index is -0.147. The first kappa shape index (κ1) is 27.7. The van der Waals surface area contributed by atoms with Gasteiger partial charge in [0.25, 0.3) is 11.5 Å². The van der Waals surface area contributed by atoms with Gasteiger partial charge < -0.3 is 25.4 Å². The Kier molecular flexibility index (Phi) is 8.06. The number of aromatic nitrogens is 1. The van der Waals surface area contributed by atoms with E-state index >= 15 is 0 Å². The van der Waals surface area contributed by atoms with Crippen LogP contribution in [-0.4, -0.2) is 28.7 Å². The summed E-state index contributed by atoms with van der Waals surface area (Å²) in [5, 5.41) is 10.2. The zero-order valence-corrected chi connectivity index (χ0v) is 24.5. The molecule has 0 aliphatic carbocycles. The summed E-state index contributed by atoms with van der Waals surface area (Å²) >= 11 is 5.73. The fourth-order valence-electron chi connectivity index (χ4n) is 6.14. The maximum Gasteiger partial charge on any atom is 0.251 e. The van der Waals surface area contributed by atoms with E-state index < -0.39 is 0 Å². The Morgan fingerprint density at radius 1 is 0.881 bits per heavy atom. The SMILES string of the molecule is CCc1ccc(NC(=S)Nc2cc(C(=O)NCc3ccccc3)ccc2N2CC3CC(C2)c2cccc(=O)n2C3)cc1. The molecule has 2 atom stereocenters. The molecule has 3 N–H and O–H groups in total. The van der Waals surface area contributed by atoms with Gasteiger partial charge in [-0.3, -0.25) is 9.59 Å². The molecule has 2 bridgehead atoms. The number of aryl methyl sites for hydroxylation is 1. The van der Waals surface area contributed by atoms with Gasteiger partial charge in [-0.15, -0.1) is 0 Å². The van der Waals surface area contributed by atoms with Gasteiger partial charge in [0.2, 0.25) is 0 Å². The molecule has 214 valence electrons. The third-order valence-electron chi connectivity index (χ3n) is 8.24. The zero-order valence-electron chi connectivity index (χ0n) is 23.7. The van der Waals surface area contributed by atoms with Crippen molar-refractivity contribution in [1.29, 1.82) is 0 Å². The summed E-state index contributed by atoms with van der Waals surface area (Å²) in [6, 6.07) is 29.4. The van der Waals surface area contributed by atoms with Crippen LogP contribution in [-0.2, 0) is 19.5 Å². The average molecular weight is 578 g/mol. The Hall–Kier alpha value is -4.43. The zero-order chi connectivity index (χ0) is 29.1. The highest BCUT2D eigenvalue weighted by atomic mass is 32.1. The second-order valence-electron chi connectivity index (χ2n) is 11.1. The number of nitrogens with zero attached hydrogens (tertiary/aromatic N) is 2. The van der Waals surface area contributed by atoms with Gasteiger partial charge in [-0.05, 0) is 78.5 Å². The summed E-state index contributed by atoms with van der Waals surface area (Å²) in [4.78, 5) is 28.1. The lowest BCUT2D eigenvalue weighted by atomic mass is 9.83. The highest BCUT2D eigenvalue weighted by Crippen LogP contribution is 2.39. The van der Waals surface area contributed by atoms with Crippen LogP contribution in [0.1, 0.15) is 46.4 Å². The average Bonchev–Trinajstić information content (AvgIpc) is 3.01. The summed E-state index contributed by atoms with van der Waals surface area (Å²) in [5.74, 6) is 0.474. The number of fused-ring (bicyclic) bond motifs is 4. The van der Waals surface area contributed by atoms with Gasteiger partial charge in [-0.1, -0.05) is 55.5 Å². The van der Waals surface area contributed by atoms with E-state index in [2.05, 4.69) is 46.0 Å². The Bertz CT molecular complexity index is 1650. The van der Waals surface area contributed by atoms with Crippen LogP contribution in [0.25, 0.3) is 0 Å². The van der Waals surface area contributed by atoms with E-state index in [4.69, 9.17) is 12.2 Å². The number of amides is 1. The van der Waals surface area contributed by atoms with Crippen molar-refractivity contribution in [3.63, 3.8) is 0 Å². The molecule has 2 aliphatic heterocycles. The van der Waals surface area contributed by atoms with Crippen molar-refractivity contribution < 1.29 is 4.79 Å². The maximum atomic E-state index is 13.2. The quantitative estimate of drug-likeness (QED) is 0.242. The third kappa shape index (κ3) is 6.09. The number of pyridine rings is 1. The first-order chi connectivity index (χ1) is 20.5. The van der Waals surface area contributed by atoms with Gasteiger partial charge in [-0.2, -0.15) is 0 Å². The predicted molar refractivity (Wildman–Crippen MR) is 173 cm³/mol. The third-order valence-corrected chi connectivity index (χ3v) is 8.45. The van der Waals surface area contributed by atoms with Crippen LogP contribution in [0.2, 0.25) is 0 Å². The fraction of sp³-hybridized carbons (Fsp3) is 0.265. The molecular weight excluding hydrogens is 542 g/mol. The number of piperidine rings is 1. The monoisotopic (exact) mass is 577 g/mol. The van der Waals surface area contributed by atoms with E-state index in [0.717, 1.165) is 60.8 Å². The summed E-state index contributed by atoms with van der Waals surface area (Å²) in [6.45, 7) is 4.91. The number of anilines is 3. The summed E-state index contributed by atoms with van der Waals surface area (Å²) in [5.41, 5.74) is 6.70. The van der Waals surface area contributed by atoms with Crippen molar-refractivity contribution in [2.75, 3.05) is 28.6 Å². The largest absolute Gasteiger partial charge is 0.369 e. The van der Waals surface area contributed by atoms with Crippen molar-refractivity contribution in [3.8, 4) is 0 Å². The minimum Gasteiger partial charge on any atom is -0.369 e. The normalized spacial score (nSPS) is 17.2. The van der Waals surface area contributed by atoms with E-state index in [1.807, 2.05) is 71.3 Å². The van der Waals surface area contributed by atoms with E-state index in [1.54, 1.807) is 6.07 Å². The Morgan fingerprint density at radius 2 is 1.69 bits per heavy atom. The molecule has 1 saturated heterocycles. The number of thiocarbonyl (C=S) groups is 1. The van der Waals surface area contributed by atoms with Gasteiger partial charge in [0, 0.05) is 55.1 Å². The molecular formula is C34H35N5O2S. The smallest absolute Gasteiger partial charge is 0.251 e. The Labute approximate surface area is 251 Å². The maximum absolute atomic E-state index is 13.2. The summed E-state index contributed by atoms with van der Waals surface area (Å²) in [7, 11) is 0. The Balaban J connectivity index is 1.26. The van der Waals surface area contributed by atoms with Crippen LogP contribution < -0.4 is 26.4 Å². The number of carbonyl (C=O) groups is 1. The van der Waals surface area contributed by atoms with Crippen LogP contribution in [0.5, 0.6) is 0 Å². The lowest BCUT2D eigenvalue weighted by molar-refractivity contribution is 0.0951. The van der Waals surface area contributed by atoms with Crippen molar-refractivity contribution in [3.05, 3.63) is 124 Å². The molecule has 1 aromatic heterocycles. The molecule has 3 heterocycles. The molecule has 42 heavy (non-hydrogen) atoms. The van der Waals surface area contributed by atoms with E-state index in [-0.39, 0.29) is 17.4 Å². The Morgan fingerprint density at radius 3 is 2.48 bits per heavy atom. The van der Waals surface area contributed by atoms with Gasteiger partial charge in [0.05, 0.1) is 11.4 Å². The van der Waals surface area contributed by atoms with Crippen LogP contribution in [0.3, 0.4) is 0 Å².